The van der Waals surface area contributed by atoms with Gasteiger partial charge in [0, 0.05) is 12.3 Å². The lowest BCUT2D eigenvalue weighted by atomic mass is 10.1. The fourth-order valence-corrected chi connectivity index (χ4v) is 3.71. The lowest BCUT2D eigenvalue weighted by Gasteiger charge is -2.13. The lowest BCUT2D eigenvalue weighted by molar-refractivity contribution is -0.274. The first-order valence-electron chi connectivity index (χ1n) is 8.56. The highest BCUT2D eigenvalue weighted by atomic mass is 32.2. The Balaban J connectivity index is 1.40. The summed E-state index contributed by atoms with van der Waals surface area (Å²) in [5.74, 6) is -0.729. The maximum atomic E-state index is 12.4. The minimum absolute atomic E-state index is 0.155. The third-order valence-electron chi connectivity index (χ3n) is 4.18. The van der Waals surface area contributed by atoms with Crippen molar-refractivity contribution in [2.75, 3.05) is 12.3 Å². The minimum Gasteiger partial charge on any atom is -0.406 e. The summed E-state index contributed by atoms with van der Waals surface area (Å²) in [6, 6.07) is 11.7. The molecule has 12 heteroatoms. The average Bonchev–Trinajstić information content (AvgIpc) is 3.26. The molecule has 0 fully saturated rings. The zero-order valence-corrected chi connectivity index (χ0v) is 15.9. The van der Waals surface area contributed by atoms with Crippen LogP contribution in [0.3, 0.4) is 0 Å². The molecule has 0 atom stereocenters. The van der Waals surface area contributed by atoms with E-state index in [0.29, 0.717) is 27.7 Å². The summed E-state index contributed by atoms with van der Waals surface area (Å²) >= 11 is 1.20. The van der Waals surface area contributed by atoms with Crippen molar-refractivity contribution in [1.82, 2.24) is 25.1 Å². The molecule has 0 saturated carbocycles. The number of carbonyl (C=O) groups excluding carboxylic acids is 2. The largest absolute Gasteiger partial charge is 0.573 e. The standard InChI is InChI=1S/C18H12F3N5O3S/c19-18(20,21)29-12-7-5-11(6-8-12)26-17(22-23-24-26)30-10-9-25-15(27)13-3-1-2-4-14(13)16(25)28/h1-8H,9-10H2. The number of tetrazole rings is 1. The Labute approximate surface area is 171 Å². The van der Waals surface area contributed by atoms with Crippen molar-refractivity contribution in [3.05, 3.63) is 59.7 Å². The fraction of sp³-hybridized carbons (Fsp3) is 0.167. The Morgan fingerprint density at radius 1 is 0.967 bits per heavy atom. The van der Waals surface area contributed by atoms with Crippen molar-refractivity contribution in [3.8, 4) is 11.4 Å². The first kappa shape index (κ1) is 19.9. The highest BCUT2D eigenvalue weighted by Crippen LogP contribution is 2.26. The second-order valence-electron chi connectivity index (χ2n) is 6.07. The molecule has 0 saturated heterocycles. The number of halogens is 3. The summed E-state index contributed by atoms with van der Waals surface area (Å²) in [7, 11) is 0. The highest BCUT2D eigenvalue weighted by Gasteiger charge is 2.34. The van der Waals surface area contributed by atoms with Crippen molar-refractivity contribution >= 4 is 23.6 Å². The van der Waals surface area contributed by atoms with Gasteiger partial charge < -0.3 is 4.74 Å². The summed E-state index contributed by atoms with van der Waals surface area (Å²) in [5, 5.41) is 11.6. The van der Waals surface area contributed by atoms with E-state index in [1.165, 1.54) is 28.6 Å². The van der Waals surface area contributed by atoms with Crippen LogP contribution in [0.2, 0.25) is 0 Å². The average molecular weight is 435 g/mol. The van der Waals surface area contributed by atoms with Crippen LogP contribution < -0.4 is 4.74 Å². The van der Waals surface area contributed by atoms with Gasteiger partial charge in [0.2, 0.25) is 5.16 Å². The smallest absolute Gasteiger partial charge is 0.406 e. The Bertz CT molecular complexity index is 1070. The molecule has 0 unspecified atom stereocenters. The van der Waals surface area contributed by atoms with Gasteiger partial charge in [0.1, 0.15) is 5.75 Å². The Kier molecular flexibility index (Phi) is 5.16. The number of fused-ring (bicyclic) bond motifs is 1. The van der Waals surface area contributed by atoms with Gasteiger partial charge in [-0.2, -0.15) is 4.68 Å². The molecule has 1 aliphatic heterocycles. The zero-order valence-electron chi connectivity index (χ0n) is 15.0. The molecular formula is C18H12F3N5O3S. The molecule has 1 aromatic heterocycles. The number of amides is 2. The molecule has 4 rings (SSSR count). The molecule has 0 bridgehead atoms. The van der Waals surface area contributed by atoms with E-state index >= 15 is 0 Å². The number of aromatic nitrogens is 4. The molecule has 8 nitrogen and oxygen atoms in total. The summed E-state index contributed by atoms with van der Waals surface area (Å²) in [4.78, 5) is 25.9. The van der Waals surface area contributed by atoms with Crippen molar-refractivity contribution in [1.29, 1.82) is 0 Å². The molecule has 0 N–H and O–H groups in total. The SMILES string of the molecule is O=C1c2ccccc2C(=O)N1CCSc1nnnn1-c1ccc(OC(F)(F)F)cc1. The summed E-state index contributed by atoms with van der Waals surface area (Å²) < 4.78 is 42.0. The predicted molar refractivity (Wildman–Crippen MR) is 98.4 cm³/mol. The van der Waals surface area contributed by atoms with Crippen molar-refractivity contribution in [2.24, 2.45) is 0 Å². The molecule has 1 aliphatic rings. The van der Waals surface area contributed by atoms with E-state index in [0.717, 1.165) is 17.0 Å². The molecule has 154 valence electrons. The Hall–Kier alpha value is -3.41. The molecule has 2 amide bonds. The summed E-state index contributed by atoms with van der Waals surface area (Å²) in [5.41, 5.74) is 1.18. The van der Waals surface area contributed by atoms with Crippen LogP contribution in [0.5, 0.6) is 5.75 Å². The van der Waals surface area contributed by atoms with Gasteiger partial charge in [0.15, 0.2) is 0 Å². The fourth-order valence-electron chi connectivity index (χ4n) is 2.89. The van der Waals surface area contributed by atoms with Gasteiger partial charge >= 0.3 is 6.36 Å². The van der Waals surface area contributed by atoms with Gasteiger partial charge in [-0.25, -0.2) is 0 Å². The van der Waals surface area contributed by atoms with Crippen molar-refractivity contribution in [2.45, 2.75) is 11.5 Å². The number of imide groups is 1. The monoisotopic (exact) mass is 435 g/mol. The number of alkyl halides is 3. The van der Waals surface area contributed by atoms with E-state index in [2.05, 4.69) is 20.3 Å². The van der Waals surface area contributed by atoms with Gasteiger partial charge in [-0.15, -0.1) is 18.3 Å². The molecule has 2 aromatic carbocycles. The number of carbonyl (C=O) groups is 2. The Morgan fingerprint density at radius 3 is 2.20 bits per heavy atom. The van der Waals surface area contributed by atoms with Crippen LogP contribution in [0.25, 0.3) is 5.69 Å². The number of thioether (sulfide) groups is 1. The van der Waals surface area contributed by atoms with E-state index in [9.17, 15) is 22.8 Å². The summed E-state index contributed by atoms with van der Waals surface area (Å²) in [6.45, 7) is 0.155. The number of hydrogen-bond donors (Lipinski definition) is 0. The minimum atomic E-state index is -4.78. The van der Waals surface area contributed by atoms with Crippen molar-refractivity contribution < 1.29 is 27.5 Å². The predicted octanol–water partition coefficient (Wildman–Crippen LogP) is 2.95. The third-order valence-corrected chi connectivity index (χ3v) is 5.08. The maximum Gasteiger partial charge on any atom is 0.573 e. The van der Waals surface area contributed by atoms with E-state index in [1.807, 2.05) is 0 Å². The number of ether oxygens (including phenoxy) is 1. The zero-order chi connectivity index (χ0) is 21.3. The topological polar surface area (TPSA) is 90.2 Å². The van der Waals surface area contributed by atoms with E-state index in [-0.39, 0.29) is 24.1 Å². The maximum absolute atomic E-state index is 12.4. The molecule has 3 aromatic rings. The van der Waals surface area contributed by atoms with Crippen LogP contribution in [0, 0.1) is 0 Å². The number of hydrogen-bond acceptors (Lipinski definition) is 7. The van der Waals surface area contributed by atoms with Gasteiger partial charge in [-0.1, -0.05) is 23.9 Å². The molecule has 0 spiro atoms. The lowest BCUT2D eigenvalue weighted by Crippen LogP contribution is -2.31. The van der Waals surface area contributed by atoms with Crippen LogP contribution in [-0.2, 0) is 0 Å². The second kappa shape index (κ2) is 7.78. The van der Waals surface area contributed by atoms with Crippen LogP contribution >= 0.6 is 11.8 Å². The van der Waals surface area contributed by atoms with Crippen LogP contribution in [-0.4, -0.2) is 55.6 Å². The first-order valence-corrected chi connectivity index (χ1v) is 9.54. The van der Waals surface area contributed by atoms with Gasteiger partial charge in [0.05, 0.1) is 16.8 Å². The normalized spacial score (nSPS) is 13.6. The van der Waals surface area contributed by atoms with Crippen LogP contribution in [0.4, 0.5) is 13.2 Å². The van der Waals surface area contributed by atoms with Gasteiger partial charge in [-0.3, -0.25) is 14.5 Å². The molecule has 0 aliphatic carbocycles. The highest BCUT2D eigenvalue weighted by molar-refractivity contribution is 7.99. The van der Waals surface area contributed by atoms with Crippen molar-refractivity contribution in [3.63, 3.8) is 0 Å². The second-order valence-corrected chi connectivity index (χ2v) is 7.13. The molecule has 2 heterocycles. The summed E-state index contributed by atoms with van der Waals surface area (Å²) in [6.07, 6.45) is -4.78. The third kappa shape index (κ3) is 3.99. The van der Waals surface area contributed by atoms with Crippen LogP contribution in [0.1, 0.15) is 20.7 Å². The number of nitrogens with zero attached hydrogens (tertiary/aromatic N) is 5. The quantitative estimate of drug-likeness (QED) is 0.434. The molecular weight excluding hydrogens is 423 g/mol. The molecule has 30 heavy (non-hydrogen) atoms. The van der Waals surface area contributed by atoms with E-state index in [4.69, 9.17) is 0 Å². The molecule has 0 radical (unpaired) electrons. The van der Waals surface area contributed by atoms with Crippen LogP contribution in [0.15, 0.2) is 53.7 Å². The van der Waals surface area contributed by atoms with Gasteiger partial charge in [0.25, 0.3) is 11.8 Å². The first-order chi connectivity index (χ1) is 14.3. The number of benzene rings is 2. The Morgan fingerprint density at radius 2 is 1.60 bits per heavy atom. The van der Waals surface area contributed by atoms with Gasteiger partial charge in [-0.05, 0) is 46.8 Å². The number of rotatable bonds is 6. The van der Waals surface area contributed by atoms with E-state index in [1.54, 1.807) is 24.3 Å². The van der Waals surface area contributed by atoms with E-state index < -0.39 is 6.36 Å².